The standard InChI is InChI=1S/C13H15F3N4OS.HI/c1-17-12(18-5-4-13(14,15)16)19-7-9-8-21-11(20-9)10-3-2-6-22-10;/h2-3,6,8H,4-5,7H2,1H3,(H2,17,18,19);1H. The third-order valence-electron chi connectivity index (χ3n) is 2.65. The predicted molar refractivity (Wildman–Crippen MR) is 94.1 cm³/mol. The number of thiophene rings is 1. The molecule has 0 aliphatic rings. The second-order valence-electron chi connectivity index (χ2n) is 4.34. The van der Waals surface area contributed by atoms with Crippen LogP contribution in [0.3, 0.4) is 0 Å². The molecular weight excluding hydrogens is 444 g/mol. The number of oxazole rings is 1. The molecule has 0 aliphatic carbocycles. The third-order valence-corrected chi connectivity index (χ3v) is 3.50. The number of halogens is 4. The van der Waals surface area contributed by atoms with Crippen LogP contribution in [-0.2, 0) is 6.54 Å². The van der Waals surface area contributed by atoms with Gasteiger partial charge in [-0.25, -0.2) is 4.98 Å². The number of hydrogen-bond acceptors (Lipinski definition) is 4. The lowest BCUT2D eigenvalue weighted by Gasteiger charge is -2.11. The van der Waals surface area contributed by atoms with Gasteiger partial charge in [0.2, 0.25) is 5.89 Å². The number of nitrogens with one attached hydrogen (secondary N) is 2. The monoisotopic (exact) mass is 460 g/mol. The number of guanidine groups is 1. The lowest BCUT2D eigenvalue weighted by Crippen LogP contribution is -2.38. The fourth-order valence-corrected chi connectivity index (χ4v) is 2.27. The van der Waals surface area contributed by atoms with Crippen LogP contribution in [0.5, 0.6) is 0 Å². The number of hydrogen-bond donors (Lipinski definition) is 2. The van der Waals surface area contributed by atoms with Gasteiger partial charge >= 0.3 is 6.18 Å². The second-order valence-corrected chi connectivity index (χ2v) is 5.29. The van der Waals surface area contributed by atoms with E-state index in [1.165, 1.54) is 24.6 Å². The normalized spacial score (nSPS) is 11.9. The summed E-state index contributed by atoms with van der Waals surface area (Å²) in [4.78, 5) is 9.06. The smallest absolute Gasteiger partial charge is 0.390 e. The molecule has 0 amide bonds. The maximum absolute atomic E-state index is 12.1. The average molecular weight is 460 g/mol. The molecule has 2 heterocycles. The van der Waals surface area contributed by atoms with Gasteiger partial charge in [-0.3, -0.25) is 4.99 Å². The molecule has 0 saturated heterocycles. The van der Waals surface area contributed by atoms with Crippen molar-refractivity contribution in [3.05, 3.63) is 29.5 Å². The molecule has 0 aromatic carbocycles. The Balaban J connectivity index is 0.00000264. The molecule has 0 saturated carbocycles. The summed E-state index contributed by atoms with van der Waals surface area (Å²) < 4.78 is 41.6. The Morgan fingerprint density at radius 3 is 2.78 bits per heavy atom. The van der Waals surface area contributed by atoms with Crippen LogP contribution >= 0.6 is 35.3 Å². The minimum Gasteiger partial charge on any atom is -0.443 e. The van der Waals surface area contributed by atoms with Crippen molar-refractivity contribution in [1.29, 1.82) is 0 Å². The Labute approximate surface area is 152 Å². The molecule has 2 N–H and O–H groups in total. The number of aliphatic imine (C=N–C) groups is 1. The van der Waals surface area contributed by atoms with E-state index < -0.39 is 12.6 Å². The molecule has 0 aliphatic heterocycles. The summed E-state index contributed by atoms with van der Waals surface area (Å²) in [6, 6.07) is 3.79. The number of rotatable bonds is 5. The first-order chi connectivity index (χ1) is 10.5. The average Bonchev–Trinajstić information content (AvgIpc) is 3.11. The molecule has 128 valence electrons. The second kappa shape index (κ2) is 9.11. The zero-order valence-corrected chi connectivity index (χ0v) is 15.3. The van der Waals surface area contributed by atoms with E-state index in [0.29, 0.717) is 18.1 Å². The topological polar surface area (TPSA) is 62.5 Å². The van der Waals surface area contributed by atoms with Gasteiger partial charge in [-0.2, -0.15) is 13.2 Å². The quantitative estimate of drug-likeness (QED) is 0.407. The molecule has 23 heavy (non-hydrogen) atoms. The van der Waals surface area contributed by atoms with Crippen molar-refractivity contribution in [2.75, 3.05) is 13.6 Å². The van der Waals surface area contributed by atoms with Crippen molar-refractivity contribution in [2.45, 2.75) is 19.1 Å². The van der Waals surface area contributed by atoms with Gasteiger partial charge in [-0.05, 0) is 11.4 Å². The van der Waals surface area contributed by atoms with Gasteiger partial charge < -0.3 is 15.1 Å². The van der Waals surface area contributed by atoms with Crippen LogP contribution in [0.4, 0.5) is 13.2 Å². The van der Waals surface area contributed by atoms with E-state index in [-0.39, 0.29) is 36.5 Å². The first kappa shape index (κ1) is 19.7. The van der Waals surface area contributed by atoms with Crippen LogP contribution < -0.4 is 10.6 Å². The molecule has 5 nitrogen and oxygen atoms in total. The summed E-state index contributed by atoms with van der Waals surface area (Å²) in [6.45, 7) is 0.0724. The highest BCUT2D eigenvalue weighted by Gasteiger charge is 2.26. The third kappa shape index (κ3) is 6.77. The first-order valence-electron chi connectivity index (χ1n) is 6.47. The molecule has 2 aromatic heterocycles. The SMILES string of the molecule is CN=C(NCCC(F)(F)F)NCc1coc(-c2cccs2)n1.I. The summed E-state index contributed by atoms with van der Waals surface area (Å²) in [7, 11) is 1.49. The number of nitrogens with zero attached hydrogens (tertiary/aromatic N) is 2. The molecule has 0 fully saturated rings. The highest BCUT2D eigenvalue weighted by atomic mass is 127. The van der Waals surface area contributed by atoms with Crippen molar-refractivity contribution in [2.24, 2.45) is 4.99 Å². The van der Waals surface area contributed by atoms with Gasteiger partial charge in [0.05, 0.1) is 23.5 Å². The minimum absolute atomic E-state index is 0. The molecule has 0 bridgehead atoms. The predicted octanol–water partition coefficient (Wildman–Crippen LogP) is 3.64. The lowest BCUT2D eigenvalue weighted by atomic mass is 10.4. The fraction of sp³-hybridized carbons (Fsp3) is 0.385. The van der Waals surface area contributed by atoms with Crippen LogP contribution in [0.15, 0.2) is 33.2 Å². The van der Waals surface area contributed by atoms with Crippen LogP contribution in [-0.4, -0.2) is 30.7 Å². The Bertz CT molecular complexity index is 613. The molecule has 0 spiro atoms. The van der Waals surface area contributed by atoms with Gasteiger partial charge in [0.15, 0.2) is 5.96 Å². The molecule has 2 rings (SSSR count). The Hall–Kier alpha value is -1.30. The summed E-state index contributed by atoms with van der Waals surface area (Å²) in [5.74, 6) is 0.803. The van der Waals surface area contributed by atoms with Gasteiger partial charge in [0.1, 0.15) is 6.26 Å². The summed E-state index contributed by atoms with van der Waals surface area (Å²) in [5.41, 5.74) is 0.641. The van der Waals surface area contributed by atoms with Crippen molar-refractivity contribution in [3.8, 4) is 10.8 Å². The van der Waals surface area contributed by atoms with E-state index in [1.807, 2.05) is 17.5 Å². The van der Waals surface area contributed by atoms with E-state index in [4.69, 9.17) is 4.42 Å². The molecule has 0 radical (unpaired) electrons. The zero-order valence-electron chi connectivity index (χ0n) is 12.2. The zero-order chi connectivity index (χ0) is 16.0. The molecule has 0 unspecified atom stereocenters. The Kier molecular flexibility index (Phi) is 7.82. The molecule has 10 heteroatoms. The van der Waals surface area contributed by atoms with Crippen LogP contribution in [0, 0.1) is 0 Å². The van der Waals surface area contributed by atoms with E-state index in [9.17, 15) is 13.2 Å². The summed E-state index contributed by atoms with van der Waals surface area (Å²) in [5, 5.41) is 7.40. The van der Waals surface area contributed by atoms with Crippen molar-refractivity contribution in [1.82, 2.24) is 15.6 Å². The van der Waals surface area contributed by atoms with Crippen molar-refractivity contribution in [3.63, 3.8) is 0 Å². The number of aromatic nitrogens is 1. The molecule has 2 aromatic rings. The number of alkyl halides is 3. The van der Waals surface area contributed by atoms with Gasteiger partial charge in [0, 0.05) is 13.6 Å². The lowest BCUT2D eigenvalue weighted by molar-refractivity contribution is -0.132. The van der Waals surface area contributed by atoms with Crippen LogP contribution in [0.2, 0.25) is 0 Å². The van der Waals surface area contributed by atoms with Gasteiger partial charge in [0.25, 0.3) is 0 Å². The van der Waals surface area contributed by atoms with E-state index in [0.717, 1.165) is 4.88 Å². The largest absolute Gasteiger partial charge is 0.443 e. The van der Waals surface area contributed by atoms with Gasteiger partial charge in [-0.1, -0.05) is 6.07 Å². The van der Waals surface area contributed by atoms with Gasteiger partial charge in [-0.15, -0.1) is 35.3 Å². The van der Waals surface area contributed by atoms with Crippen LogP contribution in [0.25, 0.3) is 10.8 Å². The van der Waals surface area contributed by atoms with Crippen molar-refractivity contribution < 1.29 is 17.6 Å². The van der Waals surface area contributed by atoms with Crippen LogP contribution in [0.1, 0.15) is 12.1 Å². The first-order valence-corrected chi connectivity index (χ1v) is 7.35. The highest BCUT2D eigenvalue weighted by molar-refractivity contribution is 14.0. The van der Waals surface area contributed by atoms with Crippen molar-refractivity contribution >= 4 is 41.3 Å². The van der Waals surface area contributed by atoms with E-state index in [2.05, 4.69) is 20.6 Å². The molecular formula is C13H16F3IN4OS. The van der Waals surface area contributed by atoms with E-state index >= 15 is 0 Å². The van der Waals surface area contributed by atoms with E-state index in [1.54, 1.807) is 0 Å². The summed E-state index contributed by atoms with van der Waals surface area (Å²) >= 11 is 1.51. The Morgan fingerprint density at radius 1 is 1.39 bits per heavy atom. The maximum Gasteiger partial charge on any atom is 0.390 e. The highest BCUT2D eigenvalue weighted by Crippen LogP contribution is 2.23. The summed E-state index contributed by atoms with van der Waals surface area (Å²) in [6.07, 6.45) is -3.60. The molecule has 0 atom stereocenters. The Morgan fingerprint density at radius 2 is 2.17 bits per heavy atom. The fourth-order valence-electron chi connectivity index (χ4n) is 1.62. The maximum atomic E-state index is 12.1. The minimum atomic E-state index is -4.19.